The first-order valence-electron chi connectivity index (χ1n) is 10.1. The van der Waals surface area contributed by atoms with Crippen LogP contribution in [-0.4, -0.2) is 40.1 Å². The smallest absolute Gasteiger partial charge is 0.254 e. The van der Waals surface area contributed by atoms with Gasteiger partial charge in [0.05, 0.1) is 6.10 Å². The molecule has 0 saturated carbocycles. The lowest BCUT2D eigenvalue weighted by molar-refractivity contribution is 0.0763. The molecular formula is C25H26N2O2. The van der Waals surface area contributed by atoms with E-state index >= 15 is 0 Å². The highest BCUT2D eigenvalue weighted by Crippen LogP contribution is 2.25. The summed E-state index contributed by atoms with van der Waals surface area (Å²) in [5.41, 5.74) is 5.30. The maximum absolute atomic E-state index is 13.3. The Bertz CT molecular complexity index is 970. The molecule has 0 spiro atoms. The molecule has 1 amide bonds. The van der Waals surface area contributed by atoms with Gasteiger partial charge in [0, 0.05) is 37.0 Å². The first-order chi connectivity index (χ1) is 14.1. The third-order valence-electron chi connectivity index (χ3n) is 5.70. The summed E-state index contributed by atoms with van der Waals surface area (Å²) in [4.78, 5) is 19.1. The van der Waals surface area contributed by atoms with Gasteiger partial charge in [0.15, 0.2) is 0 Å². The van der Waals surface area contributed by atoms with Crippen molar-refractivity contribution >= 4 is 5.91 Å². The average Bonchev–Trinajstić information content (AvgIpc) is 3.11. The van der Waals surface area contributed by atoms with Crippen LogP contribution in [0.25, 0.3) is 0 Å². The fraction of sp³-hybridized carbons (Fsp3) is 0.280. The second-order valence-electron chi connectivity index (χ2n) is 7.92. The number of likely N-dealkylation sites (tertiary alicyclic amines) is 1. The molecule has 148 valence electrons. The Hall–Kier alpha value is -2.98. The minimum Gasteiger partial charge on any atom is -0.391 e. The maximum atomic E-state index is 13.3. The number of β-amino-alcohol motifs (C(OH)–C–C–N with tert-alkyl or cyclic N) is 1. The van der Waals surface area contributed by atoms with E-state index in [-0.39, 0.29) is 11.8 Å². The number of carbonyl (C=O) groups excluding carboxylic acids is 1. The SMILES string of the molecule is Cc1ccc(Cc2ccccc2C(=O)N2C[C@@H](Cc3ccncc3)[C@H](O)C2)cc1. The van der Waals surface area contributed by atoms with Crippen molar-refractivity contribution in [1.82, 2.24) is 9.88 Å². The van der Waals surface area contributed by atoms with E-state index in [9.17, 15) is 9.90 Å². The maximum Gasteiger partial charge on any atom is 0.254 e. The Kier molecular flexibility index (Phi) is 5.72. The summed E-state index contributed by atoms with van der Waals surface area (Å²) < 4.78 is 0. The molecule has 2 aromatic carbocycles. The number of hydrogen-bond donors (Lipinski definition) is 1. The van der Waals surface area contributed by atoms with Crippen LogP contribution < -0.4 is 0 Å². The van der Waals surface area contributed by atoms with E-state index < -0.39 is 6.10 Å². The molecule has 0 aliphatic carbocycles. The second-order valence-corrected chi connectivity index (χ2v) is 7.92. The average molecular weight is 386 g/mol. The summed E-state index contributed by atoms with van der Waals surface area (Å²) in [5, 5.41) is 10.5. The van der Waals surface area contributed by atoms with Crippen molar-refractivity contribution in [3.05, 3.63) is 101 Å². The molecule has 1 saturated heterocycles. The summed E-state index contributed by atoms with van der Waals surface area (Å²) in [6.07, 6.45) is 4.50. The molecule has 1 fully saturated rings. The van der Waals surface area contributed by atoms with E-state index in [4.69, 9.17) is 0 Å². The van der Waals surface area contributed by atoms with E-state index in [1.54, 1.807) is 17.3 Å². The van der Waals surface area contributed by atoms with Gasteiger partial charge in [0.2, 0.25) is 0 Å². The number of aliphatic hydroxyl groups is 1. The van der Waals surface area contributed by atoms with Gasteiger partial charge in [-0.1, -0.05) is 48.0 Å². The first-order valence-corrected chi connectivity index (χ1v) is 10.1. The number of carbonyl (C=O) groups is 1. The molecule has 0 radical (unpaired) electrons. The van der Waals surface area contributed by atoms with E-state index in [2.05, 4.69) is 36.2 Å². The Morgan fingerprint density at radius 3 is 2.48 bits per heavy atom. The van der Waals surface area contributed by atoms with Crippen LogP contribution in [0.3, 0.4) is 0 Å². The molecule has 2 heterocycles. The monoisotopic (exact) mass is 386 g/mol. The number of hydrogen-bond acceptors (Lipinski definition) is 3. The molecule has 1 aliphatic rings. The molecular weight excluding hydrogens is 360 g/mol. The zero-order valence-electron chi connectivity index (χ0n) is 16.7. The molecule has 4 rings (SSSR count). The number of aliphatic hydroxyl groups excluding tert-OH is 1. The highest BCUT2D eigenvalue weighted by Gasteiger charge is 2.34. The summed E-state index contributed by atoms with van der Waals surface area (Å²) in [6, 6.07) is 20.2. The highest BCUT2D eigenvalue weighted by atomic mass is 16.3. The van der Waals surface area contributed by atoms with Crippen LogP contribution in [-0.2, 0) is 12.8 Å². The van der Waals surface area contributed by atoms with E-state index in [1.165, 1.54) is 11.1 Å². The molecule has 4 nitrogen and oxygen atoms in total. The lowest BCUT2D eigenvalue weighted by atomic mass is 9.97. The van der Waals surface area contributed by atoms with Crippen molar-refractivity contribution in [2.75, 3.05) is 13.1 Å². The van der Waals surface area contributed by atoms with Gasteiger partial charge < -0.3 is 10.0 Å². The predicted molar refractivity (Wildman–Crippen MR) is 114 cm³/mol. The topological polar surface area (TPSA) is 53.4 Å². The summed E-state index contributed by atoms with van der Waals surface area (Å²) in [7, 11) is 0. The Morgan fingerprint density at radius 2 is 1.72 bits per heavy atom. The third-order valence-corrected chi connectivity index (χ3v) is 5.70. The number of aryl methyl sites for hydroxylation is 1. The van der Waals surface area contributed by atoms with Crippen LogP contribution in [0.4, 0.5) is 0 Å². The van der Waals surface area contributed by atoms with Crippen molar-refractivity contribution in [1.29, 1.82) is 0 Å². The van der Waals surface area contributed by atoms with Gasteiger partial charge in [0.1, 0.15) is 0 Å². The van der Waals surface area contributed by atoms with Gasteiger partial charge in [0.25, 0.3) is 5.91 Å². The summed E-state index contributed by atoms with van der Waals surface area (Å²) in [5.74, 6) is 0.0506. The molecule has 4 heteroatoms. The lowest BCUT2D eigenvalue weighted by Gasteiger charge is -2.18. The fourth-order valence-electron chi connectivity index (χ4n) is 4.02. The van der Waals surface area contributed by atoms with Crippen molar-refractivity contribution in [3.63, 3.8) is 0 Å². The molecule has 2 atom stereocenters. The Labute approximate surface area is 171 Å². The van der Waals surface area contributed by atoms with Gasteiger partial charge in [-0.25, -0.2) is 0 Å². The molecule has 29 heavy (non-hydrogen) atoms. The van der Waals surface area contributed by atoms with Crippen molar-refractivity contribution in [2.24, 2.45) is 5.92 Å². The zero-order chi connectivity index (χ0) is 20.2. The predicted octanol–water partition coefficient (Wildman–Crippen LogP) is 3.66. The van der Waals surface area contributed by atoms with E-state index in [0.717, 1.165) is 29.5 Å². The highest BCUT2D eigenvalue weighted by molar-refractivity contribution is 5.96. The van der Waals surface area contributed by atoms with Crippen LogP contribution in [0, 0.1) is 12.8 Å². The third kappa shape index (κ3) is 4.54. The molecule has 1 aliphatic heterocycles. The Morgan fingerprint density at radius 1 is 1.00 bits per heavy atom. The van der Waals surface area contributed by atoms with Crippen molar-refractivity contribution in [2.45, 2.75) is 25.9 Å². The van der Waals surface area contributed by atoms with E-state index in [0.29, 0.717) is 13.1 Å². The Balaban J connectivity index is 1.49. The number of amides is 1. The second kappa shape index (κ2) is 8.58. The normalized spacial score (nSPS) is 18.8. The minimum absolute atomic E-state index is 0.00369. The molecule has 0 bridgehead atoms. The largest absolute Gasteiger partial charge is 0.391 e. The van der Waals surface area contributed by atoms with Crippen LogP contribution in [0.1, 0.15) is 32.6 Å². The van der Waals surface area contributed by atoms with Crippen LogP contribution in [0.2, 0.25) is 0 Å². The quantitative estimate of drug-likeness (QED) is 0.728. The molecule has 1 N–H and O–H groups in total. The summed E-state index contributed by atoms with van der Waals surface area (Å²) in [6.45, 7) is 3.02. The molecule has 0 unspecified atom stereocenters. The standard InChI is InChI=1S/C25H26N2O2/c1-18-6-8-19(9-7-18)14-21-4-2-3-5-23(21)25(29)27-16-22(24(28)17-27)15-20-10-12-26-13-11-20/h2-13,22,24,28H,14-17H2,1H3/t22-,24-/m1/s1. The molecule has 1 aromatic heterocycles. The van der Waals surface area contributed by atoms with Gasteiger partial charge in [-0.15, -0.1) is 0 Å². The first kappa shape index (κ1) is 19.3. The molecule has 3 aromatic rings. The van der Waals surface area contributed by atoms with Gasteiger partial charge in [-0.05, 0) is 54.7 Å². The number of pyridine rings is 1. The minimum atomic E-state index is -0.503. The van der Waals surface area contributed by atoms with E-state index in [1.807, 2.05) is 36.4 Å². The lowest BCUT2D eigenvalue weighted by Crippen LogP contribution is -2.30. The summed E-state index contributed by atoms with van der Waals surface area (Å²) >= 11 is 0. The van der Waals surface area contributed by atoms with Gasteiger partial charge in [-0.3, -0.25) is 9.78 Å². The van der Waals surface area contributed by atoms with Crippen LogP contribution in [0.15, 0.2) is 73.1 Å². The number of rotatable bonds is 5. The number of aromatic nitrogens is 1. The zero-order valence-corrected chi connectivity index (χ0v) is 16.7. The van der Waals surface area contributed by atoms with Gasteiger partial charge in [-0.2, -0.15) is 0 Å². The van der Waals surface area contributed by atoms with Gasteiger partial charge >= 0.3 is 0 Å². The van der Waals surface area contributed by atoms with Crippen molar-refractivity contribution in [3.8, 4) is 0 Å². The fourth-order valence-corrected chi connectivity index (χ4v) is 4.02. The van der Waals surface area contributed by atoms with Crippen molar-refractivity contribution < 1.29 is 9.90 Å². The number of nitrogens with zero attached hydrogens (tertiary/aromatic N) is 2. The van der Waals surface area contributed by atoms with Crippen LogP contribution in [0.5, 0.6) is 0 Å². The number of benzene rings is 2. The van der Waals surface area contributed by atoms with Crippen LogP contribution >= 0.6 is 0 Å².